The minimum absolute atomic E-state index is 0.000979. The van der Waals surface area contributed by atoms with Crippen molar-refractivity contribution in [1.82, 2.24) is 20.1 Å². The predicted octanol–water partition coefficient (Wildman–Crippen LogP) is 5.91. The lowest BCUT2D eigenvalue weighted by Crippen LogP contribution is -2.48. The number of aryl methyl sites for hydroxylation is 1. The Hall–Kier alpha value is -3.44. The molecule has 0 saturated heterocycles. The first-order valence-corrected chi connectivity index (χ1v) is 14.8. The maximum absolute atomic E-state index is 14.4. The molecule has 3 aromatic rings. The van der Waals surface area contributed by atoms with Crippen molar-refractivity contribution in [2.75, 3.05) is 12.0 Å². The molecule has 230 valence electrons. The van der Waals surface area contributed by atoms with E-state index in [1.807, 2.05) is 37.6 Å². The highest BCUT2D eigenvalue weighted by atomic mass is 19.4. The second-order valence-corrected chi connectivity index (χ2v) is 12.8. The number of fused-ring (bicyclic) bond motifs is 1. The molecule has 0 atom stereocenters. The second kappa shape index (κ2) is 10.6. The zero-order valence-electron chi connectivity index (χ0n) is 25.2. The van der Waals surface area contributed by atoms with Gasteiger partial charge in [0.2, 0.25) is 0 Å². The minimum Gasteiger partial charge on any atom is -0.491 e. The lowest BCUT2D eigenvalue weighted by molar-refractivity contribution is -0.138. The third-order valence-corrected chi connectivity index (χ3v) is 9.34. The Balaban J connectivity index is 1.41. The van der Waals surface area contributed by atoms with E-state index in [9.17, 15) is 18.0 Å². The molecule has 8 nitrogen and oxygen atoms in total. The average Bonchev–Trinajstić information content (AvgIpc) is 3.47. The lowest BCUT2D eigenvalue weighted by atomic mass is 9.62. The molecular formula is C32H38F3N5O3. The van der Waals surface area contributed by atoms with Crippen LogP contribution in [0.1, 0.15) is 91.3 Å². The molecule has 2 aliphatic carbocycles. The molecule has 1 aliphatic heterocycles. The van der Waals surface area contributed by atoms with E-state index in [1.54, 1.807) is 25.6 Å². The van der Waals surface area contributed by atoms with E-state index in [0.717, 1.165) is 30.7 Å². The molecule has 2 aromatic carbocycles. The van der Waals surface area contributed by atoms with Crippen LogP contribution < -0.4 is 15.0 Å². The highest BCUT2D eigenvalue weighted by Gasteiger charge is 2.51. The van der Waals surface area contributed by atoms with Crippen molar-refractivity contribution >= 4 is 11.6 Å². The summed E-state index contributed by atoms with van der Waals surface area (Å²) in [5, 5.41) is 11.9. The number of benzene rings is 2. The number of hydrogen-bond donors (Lipinski definition) is 1. The summed E-state index contributed by atoms with van der Waals surface area (Å²) in [6.45, 7) is 5.97. The number of methoxy groups -OCH3 is 1. The van der Waals surface area contributed by atoms with Crippen molar-refractivity contribution < 1.29 is 27.4 Å². The number of aromatic nitrogens is 3. The van der Waals surface area contributed by atoms with Crippen LogP contribution in [-0.2, 0) is 36.5 Å². The van der Waals surface area contributed by atoms with Crippen LogP contribution in [0, 0.1) is 0 Å². The van der Waals surface area contributed by atoms with E-state index in [0.29, 0.717) is 29.8 Å². The summed E-state index contributed by atoms with van der Waals surface area (Å²) in [7, 11) is 3.55. The van der Waals surface area contributed by atoms with Crippen LogP contribution in [0.25, 0.3) is 0 Å². The minimum atomic E-state index is -4.60. The van der Waals surface area contributed by atoms with Gasteiger partial charge in [0.05, 0.1) is 29.7 Å². The molecule has 2 saturated carbocycles. The standard InChI is InChI=1S/C32H38F3N5O3/c1-19(2)43-23-12-21(31(14-24(15-31)42-5)29-38-37-18-39(29)4)11-22(13-23)40-17-26-25(28(40)41)9-20(10-27(26)32(33,34)35)16-36-30(3)7-6-8-30/h9-13,18-19,24,36H,6-8,14-17H2,1-5H3. The van der Waals surface area contributed by atoms with Crippen LogP contribution in [0.2, 0.25) is 0 Å². The van der Waals surface area contributed by atoms with Crippen molar-refractivity contribution in [2.24, 2.45) is 7.05 Å². The maximum Gasteiger partial charge on any atom is 0.416 e. The molecule has 2 heterocycles. The van der Waals surface area contributed by atoms with Gasteiger partial charge in [-0.05, 0) is 93.8 Å². The van der Waals surface area contributed by atoms with Crippen molar-refractivity contribution in [3.63, 3.8) is 0 Å². The summed E-state index contributed by atoms with van der Waals surface area (Å²) in [4.78, 5) is 15.3. The number of hydrogen-bond acceptors (Lipinski definition) is 6. The molecule has 0 spiro atoms. The normalized spacial score (nSPS) is 22.9. The molecule has 11 heteroatoms. The number of halogens is 3. The fraction of sp³-hybridized carbons (Fsp3) is 0.531. The van der Waals surface area contributed by atoms with E-state index >= 15 is 0 Å². The SMILES string of the molecule is COC1CC(c2cc(OC(C)C)cc(N3Cc4c(cc(CNC5(C)CCC5)cc4C(F)(F)F)C3=O)c2)(c2nncn2C)C1. The Morgan fingerprint density at radius 3 is 2.47 bits per heavy atom. The summed E-state index contributed by atoms with van der Waals surface area (Å²) in [6, 6.07) is 8.36. The zero-order chi connectivity index (χ0) is 30.7. The van der Waals surface area contributed by atoms with Crippen molar-refractivity contribution in [3.05, 3.63) is 70.3 Å². The summed E-state index contributed by atoms with van der Waals surface area (Å²) in [5.41, 5.74) is 0.474. The molecule has 2 fully saturated rings. The van der Waals surface area contributed by atoms with Crippen LogP contribution in [0.15, 0.2) is 36.7 Å². The Kier molecular flexibility index (Phi) is 7.32. The lowest BCUT2D eigenvalue weighted by Gasteiger charge is -2.46. The first kappa shape index (κ1) is 29.6. The van der Waals surface area contributed by atoms with Gasteiger partial charge in [0, 0.05) is 43.6 Å². The zero-order valence-corrected chi connectivity index (χ0v) is 25.2. The van der Waals surface area contributed by atoms with Gasteiger partial charge in [0.1, 0.15) is 17.9 Å². The Bertz CT molecular complexity index is 1540. The van der Waals surface area contributed by atoms with E-state index < -0.39 is 23.1 Å². The monoisotopic (exact) mass is 597 g/mol. The molecule has 1 N–H and O–H groups in total. The topological polar surface area (TPSA) is 81.5 Å². The Morgan fingerprint density at radius 2 is 1.88 bits per heavy atom. The molecule has 0 unspecified atom stereocenters. The van der Waals surface area contributed by atoms with Crippen molar-refractivity contribution in [1.29, 1.82) is 0 Å². The van der Waals surface area contributed by atoms with E-state index in [4.69, 9.17) is 9.47 Å². The van der Waals surface area contributed by atoms with Gasteiger partial charge in [-0.25, -0.2) is 0 Å². The Labute approximate surface area is 249 Å². The smallest absolute Gasteiger partial charge is 0.416 e. The number of carbonyl (C=O) groups is 1. The van der Waals surface area contributed by atoms with Gasteiger partial charge in [0.15, 0.2) is 0 Å². The fourth-order valence-corrected chi connectivity index (χ4v) is 6.73. The van der Waals surface area contributed by atoms with Gasteiger partial charge in [0.25, 0.3) is 5.91 Å². The highest BCUT2D eigenvalue weighted by molar-refractivity contribution is 6.10. The van der Waals surface area contributed by atoms with E-state index in [1.165, 1.54) is 11.0 Å². The molecule has 6 rings (SSSR count). The van der Waals surface area contributed by atoms with Crippen molar-refractivity contribution in [2.45, 2.75) is 95.3 Å². The highest BCUT2D eigenvalue weighted by Crippen LogP contribution is 2.51. The number of nitrogens with zero attached hydrogens (tertiary/aromatic N) is 4. The number of ether oxygens (including phenoxy) is 2. The predicted molar refractivity (Wildman–Crippen MR) is 155 cm³/mol. The van der Waals surface area contributed by atoms with Gasteiger partial charge in [-0.3, -0.25) is 4.79 Å². The summed E-state index contributed by atoms with van der Waals surface area (Å²) >= 11 is 0. The number of carbonyl (C=O) groups excluding carboxylic acids is 1. The molecule has 3 aliphatic rings. The van der Waals surface area contributed by atoms with Crippen LogP contribution >= 0.6 is 0 Å². The van der Waals surface area contributed by atoms with Gasteiger partial charge < -0.3 is 24.3 Å². The quantitative estimate of drug-likeness (QED) is 0.331. The van der Waals surface area contributed by atoms with E-state index in [2.05, 4.69) is 22.4 Å². The number of alkyl halides is 3. The molecule has 43 heavy (non-hydrogen) atoms. The molecule has 0 radical (unpaired) electrons. The van der Waals surface area contributed by atoms with E-state index in [-0.39, 0.29) is 42.0 Å². The number of rotatable bonds is 9. The molecular weight excluding hydrogens is 559 g/mol. The number of amides is 1. The summed E-state index contributed by atoms with van der Waals surface area (Å²) in [6.07, 6.45) is 1.24. The van der Waals surface area contributed by atoms with Gasteiger partial charge in [-0.2, -0.15) is 13.2 Å². The van der Waals surface area contributed by atoms with Gasteiger partial charge >= 0.3 is 6.18 Å². The first-order valence-electron chi connectivity index (χ1n) is 14.8. The van der Waals surface area contributed by atoms with Crippen LogP contribution in [0.5, 0.6) is 5.75 Å². The number of anilines is 1. The van der Waals surface area contributed by atoms with Crippen molar-refractivity contribution in [3.8, 4) is 5.75 Å². The molecule has 0 bridgehead atoms. The summed E-state index contributed by atoms with van der Waals surface area (Å²) in [5.74, 6) is 0.824. The largest absolute Gasteiger partial charge is 0.491 e. The molecule has 1 amide bonds. The second-order valence-electron chi connectivity index (χ2n) is 12.8. The third-order valence-electron chi connectivity index (χ3n) is 9.34. The van der Waals surface area contributed by atoms with Gasteiger partial charge in [-0.1, -0.05) is 0 Å². The first-order chi connectivity index (χ1) is 20.3. The van der Waals surface area contributed by atoms with Crippen LogP contribution in [0.3, 0.4) is 0 Å². The van der Waals surface area contributed by atoms with Crippen LogP contribution in [-0.4, -0.2) is 45.5 Å². The van der Waals surface area contributed by atoms with Crippen LogP contribution in [0.4, 0.5) is 18.9 Å². The average molecular weight is 598 g/mol. The maximum atomic E-state index is 14.4. The molecule has 1 aromatic heterocycles. The third kappa shape index (κ3) is 5.31. The fourth-order valence-electron chi connectivity index (χ4n) is 6.73. The Morgan fingerprint density at radius 1 is 1.14 bits per heavy atom. The number of nitrogens with one attached hydrogen (secondary N) is 1. The summed E-state index contributed by atoms with van der Waals surface area (Å²) < 4.78 is 56.7. The van der Waals surface area contributed by atoms with Gasteiger partial charge in [-0.15, -0.1) is 10.2 Å².